The van der Waals surface area contributed by atoms with Crippen molar-refractivity contribution in [3.8, 4) is 0 Å². The van der Waals surface area contributed by atoms with E-state index in [1.807, 2.05) is 19.0 Å². The number of hydroxylamine groups is 1. The third-order valence-electron chi connectivity index (χ3n) is 7.90. The maximum atomic E-state index is 13.6. The quantitative estimate of drug-likeness (QED) is 0.327. The highest BCUT2D eigenvalue weighted by Crippen LogP contribution is 2.41. The fourth-order valence-electron chi connectivity index (χ4n) is 5.73. The first kappa shape index (κ1) is 25.2. The number of hydrogen-bond donors (Lipinski definition) is 4. The number of carbonyl (C=O) groups is 2. The SMILES string of the molecule is CC1CC(CN2C(=O)C3CC(S(=O)(=O)NC4(CF)CC4)CCC3N(CC3NCN(C)N3)C2=O)ON1. The van der Waals surface area contributed by atoms with Gasteiger partial charge in [0.25, 0.3) is 0 Å². The van der Waals surface area contributed by atoms with Gasteiger partial charge >= 0.3 is 6.03 Å². The van der Waals surface area contributed by atoms with Crippen LogP contribution in [0.25, 0.3) is 0 Å². The zero-order valence-electron chi connectivity index (χ0n) is 20.2. The monoisotopic (exact) mass is 517 g/mol. The maximum Gasteiger partial charge on any atom is 0.327 e. The summed E-state index contributed by atoms with van der Waals surface area (Å²) in [6, 6.07) is -0.641. The molecule has 0 spiro atoms. The number of alkyl halides is 1. The Balaban J connectivity index is 1.36. The van der Waals surface area contributed by atoms with Gasteiger partial charge in [0, 0.05) is 19.1 Å². The van der Waals surface area contributed by atoms with Gasteiger partial charge in [-0.1, -0.05) is 0 Å². The Morgan fingerprint density at radius 3 is 2.57 bits per heavy atom. The number of imide groups is 1. The normalized spacial score (nSPS) is 37.7. The molecule has 5 rings (SSSR count). The number of rotatable bonds is 8. The van der Waals surface area contributed by atoms with Crippen molar-refractivity contribution in [3.05, 3.63) is 0 Å². The molecule has 0 aromatic carbocycles. The molecule has 3 heterocycles. The second-order valence-electron chi connectivity index (χ2n) is 10.8. The average molecular weight is 518 g/mol. The fourth-order valence-corrected chi connectivity index (χ4v) is 7.67. The molecule has 2 saturated carbocycles. The Kier molecular flexibility index (Phi) is 6.83. The minimum absolute atomic E-state index is 0.104. The van der Waals surface area contributed by atoms with Crippen molar-refractivity contribution in [3.63, 3.8) is 0 Å². The lowest BCUT2D eigenvalue weighted by molar-refractivity contribution is -0.142. The third-order valence-corrected chi connectivity index (χ3v) is 9.93. The number of fused-ring (bicyclic) bond motifs is 1. The largest absolute Gasteiger partial charge is 0.327 e. The Morgan fingerprint density at radius 1 is 1.20 bits per heavy atom. The van der Waals surface area contributed by atoms with Crippen LogP contribution in [0.1, 0.15) is 45.4 Å². The van der Waals surface area contributed by atoms with E-state index in [0.29, 0.717) is 45.3 Å². The molecular weight excluding hydrogens is 481 g/mol. The lowest BCUT2D eigenvalue weighted by Crippen LogP contribution is -2.67. The number of hydrogen-bond acceptors (Lipinski definition) is 9. The van der Waals surface area contributed by atoms with Crippen molar-refractivity contribution >= 4 is 22.0 Å². The van der Waals surface area contributed by atoms with Crippen LogP contribution >= 0.6 is 0 Å². The van der Waals surface area contributed by atoms with Crippen LogP contribution in [0.15, 0.2) is 0 Å². The van der Waals surface area contributed by atoms with Gasteiger partial charge in [-0.2, -0.15) is 5.48 Å². The van der Waals surface area contributed by atoms with Crippen LogP contribution in [0.3, 0.4) is 0 Å². The van der Waals surface area contributed by atoms with Crippen molar-refractivity contribution < 1.29 is 27.2 Å². The Morgan fingerprint density at radius 2 is 1.97 bits per heavy atom. The van der Waals surface area contributed by atoms with Crippen molar-refractivity contribution in [2.45, 2.75) is 80.6 Å². The van der Waals surface area contributed by atoms with Crippen molar-refractivity contribution in [2.24, 2.45) is 5.92 Å². The highest BCUT2D eigenvalue weighted by Gasteiger charge is 2.53. The number of nitrogens with one attached hydrogen (secondary N) is 4. The molecule has 4 N–H and O–H groups in total. The first-order valence-corrected chi connectivity index (χ1v) is 14.0. The van der Waals surface area contributed by atoms with E-state index in [4.69, 9.17) is 4.84 Å². The highest BCUT2D eigenvalue weighted by atomic mass is 32.2. The Labute approximate surface area is 205 Å². The van der Waals surface area contributed by atoms with E-state index in [1.54, 1.807) is 4.90 Å². The molecule has 14 heteroatoms. The van der Waals surface area contributed by atoms with E-state index in [2.05, 4.69) is 20.9 Å². The highest BCUT2D eigenvalue weighted by molar-refractivity contribution is 7.90. The van der Waals surface area contributed by atoms with Gasteiger partial charge < -0.3 is 4.90 Å². The molecule has 6 unspecified atom stereocenters. The van der Waals surface area contributed by atoms with Gasteiger partial charge in [0.1, 0.15) is 6.67 Å². The summed E-state index contributed by atoms with van der Waals surface area (Å²) in [4.78, 5) is 35.6. The summed E-state index contributed by atoms with van der Waals surface area (Å²) in [7, 11) is -1.91. The van der Waals surface area contributed by atoms with Crippen LogP contribution in [0.2, 0.25) is 0 Å². The Bertz CT molecular complexity index is 950. The lowest BCUT2D eigenvalue weighted by atomic mass is 9.80. The fraction of sp³-hybridized carbons (Fsp3) is 0.905. The molecule has 3 aliphatic heterocycles. The summed E-state index contributed by atoms with van der Waals surface area (Å²) in [5.41, 5.74) is 5.14. The maximum absolute atomic E-state index is 13.6. The number of halogens is 1. The molecule has 12 nitrogen and oxygen atoms in total. The first-order chi connectivity index (χ1) is 16.6. The van der Waals surface area contributed by atoms with Gasteiger partial charge in [-0.3, -0.25) is 19.8 Å². The van der Waals surface area contributed by atoms with Gasteiger partial charge in [0.15, 0.2) is 0 Å². The summed E-state index contributed by atoms with van der Waals surface area (Å²) in [5, 5.41) is 4.37. The summed E-state index contributed by atoms with van der Waals surface area (Å²) < 4.78 is 42.2. The zero-order valence-corrected chi connectivity index (χ0v) is 21.0. The smallest absolute Gasteiger partial charge is 0.318 e. The number of nitrogens with zero attached hydrogens (tertiary/aromatic N) is 3. The van der Waals surface area contributed by atoms with Crippen molar-refractivity contribution in [2.75, 3.05) is 33.5 Å². The van der Waals surface area contributed by atoms with Crippen LogP contribution in [0.4, 0.5) is 9.18 Å². The van der Waals surface area contributed by atoms with Gasteiger partial charge in [-0.05, 0) is 45.4 Å². The Hall–Kier alpha value is -1.42. The van der Waals surface area contributed by atoms with Crippen LogP contribution in [-0.2, 0) is 19.7 Å². The van der Waals surface area contributed by atoms with E-state index in [9.17, 15) is 22.4 Å². The van der Waals surface area contributed by atoms with Gasteiger partial charge in [-0.25, -0.2) is 32.8 Å². The van der Waals surface area contributed by atoms with Crippen molar-refractivity contribution in [1.29, 1.82) is 0 Å². The minimum atomic E-state index is -3.80. The van der Waals surface area contributed by atoms with Gasteiger partial charge in [0.05, 0.1) is 48.7 Å². The van der Waals surface area contributed by atoms with E-state index < -0.39 is 33.4 Å². The second kappa shape index (κ2) is 9.47. The summed E-state index contributed by atoms with van der Waals surface area (Å²) in [6.45, 7) is 2.30. The predicted octanol–water partition coefficient (Wildman–Crippen LogP) is -0.785. The molecule has 5 aliphatic rings. The minimum Gasteiger partial charge on any atom is -0.318 e. The average Bonchev–Trinajstić information content (AvgIpc) is 3.26. The molecule has 2 aliphatic carbocycles. The summed E-state index contributed by atoms with van der Waals surface area (Å²) in [6.07, 6.45) is 1.95. The number of hydrazine groups is 1. The molecular formula is C21H36FN7O5S. The summed E-state index contributed by atoms with van der Waals surface area (Å²) in [5.74, 6) is -0.995. The topological polar surface area (TPSA) is 135 Å². The number of sulfonamides is 1. The van der Waals surface area contributed by atoms with Crippen LogP contribution in [-0.4, -0.2) is 104 Å². The molecule has 3 amide bonds. The second-order valence-corrected chi connectivity index (χ2v) is 12.8. The molecule has 198 valence electrons. The molecule has 3 saturated heterocycles. The molecule has 6 atom stereocenters. The molecule has 0 aromatic rings. The van der Waals surface area contributed by atoms with E-state index in [1.165, 1.54) is 4.90 Å². The van der Waals surface area contributed by atoms with Gasteiger partial charge in [0.2, 0.25) is 15.9 Å². The summed E-state index contributed by atoms with van der Waals surface area (Å²) >= 11 is 0. The number of amides is 3. The standard InChI is InChI=1S/C21H36FN7O5S/c1-13-7-14(34-25-13)9-29-19(30)16-8-15(35(32,33)26-21(11-22)5-6-21)3-4-17(16)28(20(29)31)10-18-23-12-27(2)24-18/h13-18,23-26H,3-12H2,1-2H3. The van der Waals surface area contributed by atoms with E-state index >= 15 is 0 Å². The number of carbonyl (C=O) groups excluding carboxylic acids is 2. The van der Waals surface area contributed by atoms with E-state index in [0.717, 1.165) is 0 Å². The van der Waals surface area contributed by atoms with Gasteiger partial charge in [-0.15, -0.1) is 0 Å². The predicted molar refractivity (Wildman–Crippen MR) is 124 cm³/mol. The molecule has 0 aromatic heterocycles. The number of urea groups is 1. The van der Waals surface area contributed by atoms with Crippen LogP contribution in [0, 0.1) is 5.92 Å². The first-order valence-electron chi connectivity index (χ1n) is 12.4. The molecule has 0 radical (unpaired) electrons. The third kappa shape index (κ3) is 5.06. The van der Waals surface area contributed by atoms with Crippen LogP contribution in [0.5, 0.6) is 0 Å². The molecule has 0 bridgehead atoms. The molecule has 35 heavy (non-hydrogen) atoms. The van der Waals surface area contributed by atoms with Crippen molar-refractivity contribution in [1.82, 2.24) is 35.8 Å². The van der Waals surface area contributed by atoms with E-state index in [-0.39, 0.29) is 49.3 Å². The molecule has 5 fully saturated rings. The lowest BCUT2D eigenvalue weighted by Gasteiger charge is -2.49. The zero-order chi connectivity index (χ0) is 25.0. The van der Waals surface area contributed by atoms with Crippen LogP contribution < -0.4 is 20.9 Å².